The molecular formula is C40H76NO7P. The molecule has 3 N–H and O–H groups in total. The van der Waals surface area contributed by atoms with Crippen LogP contribution in [0.25, 0.3) is 0 Å². The van der Waals surface area contributed by atoms with Crippen LogP contribution in [0.1, 0.15) is 174 Å². The Morgan fingerprint density at radius 1 is 0.612 bits per heavy atom. The topological polar surface area (TPSA) is 117 Å². The fourth-order valence-electron chi connectivity index (χ4n) is 5.36. The van der Waals surface area contributed by atoms with Gasteiger partial charge < -0.3 is 20.1 Å². The van der Waals surface area contributed by atoms with Crippen molar-refractivity contribution in [1.29, 1.82) is 0 Å². The van der Waals surface area contributed by atoms with Gasteiger partial charge in [0.1, 0.15) is 6.10 Å². The molecule has 2 unspecified atom stereocenters. The zero-order valence-electron chi connectivity index (χ0n) is 31.7. The highest BCUT2D eigenvalue weighted by atomic mass is 31.2. The molecular weight excluding hydrogens is 637 g/mol. The molecule has 49 heavy (non-hydrogen) atoms. The molecule has 0 aliphatic rings. The standard InChI is InChI=1S/C40H76NO7P/c1-3-5-7-9-10-11-12-13-14-15-16-17-18-19-20-21-22-23-24-25-26-27-28-29-30-32-35-45-37-39(38-47-49(43,44)46-36-34-41)48-40(42)33-31-8-6-4-2/h12-13,15-16,18-19,39H,3-11,14,17,20-38,41H2,1-2H3,(H,43,44)/b13-12-,16-15-,19-18-. The van der Waals surface area contributed by atoms with Gasteiger partial charge in [-0.15, -0.1) is 0 Å². The number of phosphoric ester groups is 1. The van der Waals surface area contributed by atoms with Gasteiger partial charge >= 0.3 is 13.8 Å². The number of esters is 1. The maximum Gasteiger partial charge on any atom is 0.472 e. The van der Waals surface area contributed by atoms with Crippen molar-refractivity contribution in [1.82, 2.24) is 0 Å². The van der Waals surface area contributed by atoms with Crippen LogP contribution < -0.4 is 5.73 Å². The van der Waals surface area contributed by atoms with Crippen LogP contribution >= 0.6 is 7.82 Å². The maximum absolute atomic E-state index is 12.3. The molecule has 288 valence electrons. The lowest BCUT2D eigenvalue weighted by atomic mass is 10.1. The molecule has 0 saturated carbocycles. The zero-order valence-corrected chi connectivity index (χ0v) is 32.6. The second-order valence-electron chi connectivity index (χ2n) is 13.1. The van der Waals surface area contributed by atoms with E-state index in [2.05, 4.69) is 50.3 Å². The lowest BCUT2D eigenvalue weighted by Crippen LogP contribution is -2.28. The molecule has 0 aromatic carbocycles. The van der Waals surface area contributed by atoms with Gasteiger partial charge in [-0.25, -0.2) is 4.57 Å². The second-order valence-corrected chi connectivity index (χ2v) is 14.6. The van der Waals surface area contributed by atoms with Crippen molar-refractivity contribution in [2.75, 3.05) is 33.0 Å². The molecule has 0 bridgehead atoms. The van der Waals surface area contributed by atoms with Gasteiger partial charge in [-0.2, -0.15) is 0 Å². The van der Waals surface area contributed by atoms with Gasteiger partial charge in [-0.1, -0.05) is 153 Å². The molecule has 0 radical (unpaired) electrons. The van der Waals surface area contributed by atoms with Crippen LogP contribution in [0.5, 0.6) is 0 Å². The van der Waals surface area contributed by atoms with Crippen LogP contribution in [0, 0.1) is 0 Å². The normalized spacial score (nSPS) is 14.0. The zero-order chi connectivity index (χ0) is 35.9. The number of unbranched alkanes of at least 4 members (excludes halogenated alkanes) is 19. The molecule has 0 aliphatic carbocycles. The van der Waals surface area contributed by atoms with Crippen molar-refractivity contribution >= 4 is 13.8 Å². The van der Waals surface area contributed by atoms with E-state index in [1.54, 1.807) is 0 Å². The molecule has 0 amide bonds. The maximum atomic E-state index is 12.3. The lowest BCUT2D eigenvalue weighted by Gasteiger charge is -2.20. The summed E-state index contributed by atoms with van der Waals surface area (Å²) in [5.74, 6) is -0.350. The van der Waals surface area contributed by atoms with E-state index in [1.807, 2.05) is 0 Å². The van der Waals surface area contributed by atoms with Crippen molar-refractivity contribution in [3.05, 3.63) is 36.5 Å². The van der Waals surface area contributed by atoms with Crippen LogP contribution in [-0.4, -0.2) is 49.9 Å². The highest BCUT2D eigenvalue weighted by Crippen LogP contribution is 2.43. The SMILES string of the molecule is CCCCCCC/C=C\C/C=C\C/C=C\CCCCCCCCCCCCCOCC(COP(=O)(O)OCCN)OC(=O)CCCCCC. The van der Waals surface area contributed by atoms with E-state index in [0.29, 0.717) is 13.0 Å². The highest BCUT2D eigenvalue weighted by molar-refractivity contribution is 7.47. The minimum Gasteiger partial charge on any atom is -0.457 e. The van der Waals surface area contributed by atoms with Crippen LogP contribution in [0.3, 0.4) is 0 Å². The second kappa shape index (κ2) is 38.0. The van der Waals surface area contributed by atoms with Gasteiger partial charge in [0, 0.05) is 19.6 Å². The van der Waals surface area contributed by atoms with E-state index in [0.717, 1.165) is 51.4 Å². The predicted octanol–water partition coefficient (Wildman–Crippen LogP) is 11.5. The molecule has 0 aromatic rings. The van der Waals surface area contributed by atoms with E-state index in [1.165, 1.54) is 103 Å². The predicted molar refractivity (Wildman–Crippen MR) is 206 cm³/mol. The van der Waals surface area contributed by atoms with Crippen LogP contribution in [0.4, 0.5) is 0 Å². The molecule has 8 nitrogen and oxygen atoms in total. The quantitative estimate of drug-likeness (QED) is 0.0281. The van der Waals surface area contributed by atoms with Crippen molar-refractivity contribution in [3.8, 4) is 0 Å². The van der Waals surface area contributed by atoms with E-state index in [4.69, 9.17) is 24.3 Å². The number of rotatable bonds is 38. The van der Waals surface area contributed by atoms with Crippen LogP contribution in [0.15, 0.2) is 36.5 Å². The smallest absolute Gasteiger partial charge is 0.457 e. The lowest BCUT2D eigenvalue weighted by molar-refractivity contribution is -0.154. The number of ether oxygens (including phenoxy) is 2. The first-order valence-electron chi connectivity index (χ1n) is 20.0. The number of nitrogens with two attached hydrogens (primary N) is 1. The van der Waals surface area contributed by atoms with E-state index in [9.17, 15) is 14.3 Å². The third-order valence-electron chi connectivity index (χ3n) is 8.31. The van der Waals surface area contributed by atoms with Gasteiger partial charge in [0.25, 0.3) is 0 Å². The summed E-state index contributed by atoms with van der Waals surface area (Å²) in [6.45, 7) is 4.77. The summed E-state index contributed by atoms with van der Waals surface area (Å²) in [5.41, 5.74) is 5.32. The van der Waals surface area contributed by atoms with E-state index >= 15 is 0 Å². The average Bonchev–Trinajstić information content (AvgIpc) is 3.09. The van der Waals surface area contributed by atoms with E-state index < -0.39 is 13.9 Å². The minimum absolute atomic E-state index is 0.0962. The summed E-state index contributed by atoms with van der Waals surface area (Å²) in [4.78, 5) is 22.0. The van der Waals surface area contributed by atoms with Gasteiger partial charge in [0.15, 0.2) is 0 Å². The summed E-state index contributed by atoms with van der Waals surface area (Å²) in [6, 6.07) is 0. The Balaban J connectivity index is 3.75. The third-order valence-corrected chi connectivity index (χ3v) is 9.29. The molecule has 0 fully saturated rings. The largest absolute Gasteiger partial charge is 0.472 e. The Bertz CT molecular complexity index is 848. The molecule has 0 heterocycles. The Morgan fingerprint density at radius 2 is 1.08 bits per heavy atom. The van der Waals surface area contributed by atoms with E-state index in [-0.39, 0.29) is 32.3 Å². The molecule has 0 rings (SSSR count). The van der Waals surface area contributed by atoms with Gasteiger partial charge in [-0.05, 0) is 51.4 Å². The van der Waals surface area contributed by atoms with Gasteiger partial charge in [0.2, 0.25) is 0 Å². The van der Waals surface area contributed by atoms with Crippen molar-refractivity contribution in [2.24, 2.45) is 5.73 Å². The number of phosphoric acid groups is 1. The van der Waals surface area contributed by atoms with Crippen molar-refractivity contribution < 1.29 is 32.8 Å². The fourth-order valence-corrected chi connectivity index (χ4v) is 6.12. The number of hydrogen-bond acceptors (Lipinski definition) is 7. The summed E-state index contributed by atoms with van der Waals surface area (Å²) in [7, 11) is -4.26. The van der Waals surface area contributed by atoms with Crippen molar-refractivity contribution in [2.45, 2.75) is 180 Å². The van der Waals surface area contributed by atoms with Crippen LogP contribution in [-0.2, 0) is 27.9 Å². The molecule has 0 aromatic heterocycles. The first-order chi connectivity index (χ1) is 23.9. The number of carbonyl (C=O) groups excluding carboxylic acids is 1. The molecule has 0 saturated heterocycles. The summed E-state index contributed by atoms with van der Waals surface area (Å²) in [6.07, 6.45) is 42.3. The summed E-state index contributed by atoms with van der Waals surface area (Å²) in [5, 5.41) is 0. The Labute approximate surface area is 301 Å². The minimum atomic E-state index is -4.26. The first-order valence-corrected chi connectivity index (χ1v) is 21.5. The number of carbonyl (C=O) groups is 1. The monoisotopic (exact) mass is 714 g/mol. The molecule has 0 aliphatic heterocycles. The third kappa shape index (κ3) is 37.8. The average molecular weight is 714 g/mol. The molecule has 2 atom stereocenters. The highest BCUT2D eigenvalue weighted by Gasteiger charge is 2.25. The number of allylic oxidation sites excluding steroid dienone is 6. The van der Waals surface area contributed by atoms with Crippen LogP contribution in [0.2, 0.25) is 0 Å². The van der Waals surface area contributed by atoms with Gasteiger partial charge in [-0.3, -0.25) is 13.8 Å². The number of hydrogen-bond donors (Lipinski definition) is 2. The molecule has 9 heteroatoms. The summed E-state index contributed by atoms with van der Waals surface area (Å²) < 4.78 is 33.0. The molecule has 0 spiro atoms. The Kier molecular flexibility index (Phi) is 37.0. The Morgan fingerprint density at radius 3 is 1.61 bits per heavy atom. The first kappa shape index (κ1) is 47.7. The summed E-state index contributed by atoms with van der Waals surface area (Å²) >= 11 is 0. The fraction of sp³-hybridized carbons (Fsp3) is 0.825. The Hall–Kier alpha value is -1.28. The van der Waals surface area contributed by atoms with Gasteiger partial charge in [0.05, 0.1) is 19.8 Å². The van der Waals surface area contributed by atoms with Crippen molar-refractivity contribution in [3.63, 3.8) is 0 Å².